The van der Waals surface area contributed by atoms with Crippen molar-refractivity contribution < 1.29 is 33.0 Å². The van der Waals surface area contributed by atoms with Gasteiger partial charge in [0.05, 0.1) is 14.2 Å². The lowest BCUT2D eigenvalue weighted by atomic mass is 10.2. The van der Waals surface area contributed by atoms with Gasteiger partial charge in [-0.05, 0) is 24.3 Å². The van der Waals surface area contributed by atoms with Crippen LogP contribution in [0, 0.1) is 0 Å². The van der Waals surface area contributed by atoms with Gasteiger partial charge in [-0.1, -0.05) is 0 Å². The predicted molar refractivity (Wildman–Crippen MR) is 150 cm³/mol. The van der Waals surface area contributed by atoms with Crippen LogP contribution < -0.4 is 40.2 Å². The minimum Gasteiger partial charge on any atom is -0.481 e. The van der Waals surface area contributed by atoms with Gasteiger partial charge in [0.1, 0.15) is 24.7 Å². The summed E-state index contributed by atoms with van der Waals surface area (Å²) >= 11 is 0. The number of ether oxygens (including phenoxy) is 4. The second-order valence-electron chi connectivity index (χ2n) is 8.90. The van der Waals surface area contributed by atoms with Crippen LogP contribution in [0.25, 0.3) is 0 Å². The van der Waals surface area contributed by atoms with Crippen molar-refractivity contribution in [2.45, 2.75) is 40.2 Å². The number of nitrogens with zero attached hydrogens (tertiary/aromatic N) is 2. The van der Waals surface area contributed by atoms with Crippen LogP contribution >= 0.6 is 0 Å². The molecule has 3 rings (SSSR count). The number of nitrogens with one attached hydrogen (secondary N) is 4. The van der Waals surface area contributed by atoms with Gasteiger partial charge < -0.3 is 44.6 Å². The van der Waals surface area contributed by atoms with Gasteiger partial charge in [-0.15, -0.1) is 0 Å². The smallest absolute Gasteiger partial charge is 0.220 e. The quantitative estimate of drug-likeness (QED) is 0.165. The highest BCUT2D eigenvalue weighted by Crippen LogP contribution is 2.22. The first-order valence-electron chi connectivity index (χ1n) is 13.2. The number of carbonyl (C=O) groups is 2. The third kappa shape index (κ3) is 11.0. The normalized spacial score (nSPS) is 10.6. The SMILES string of the molecule is COc1nc(OCc2ccc(COc3ccc(CNCCNC(C)=O)c(OC)n3)o2)ccc1CNCCNC(C)=O. The number of aromatic nitrogens is 2. The van der Waals surface area contributed by atoms with Crippen molar-refractivity contribution in [2.75, 3.05) is 40.4 Å². The molecule has 3 aromatic rings. The van der Waals surface area contributed by atoms with Crippen LogP contribution in [-0.4, -0.2) is 62.2 Å². The summed E-state index contributed by atoms with van der Waals surface area (Å²) in [5.41, 5.74) is 1.74. The summed E-state index contributed by atoms with van der Waals surface area (Å²) in [4.78, 5) is 30.7. The molecule has 13 heteroatoms. The highest BCUT2D eigenvalue weighted by molar-refractivity contribution is 5.73. The molecule has 3 heterocycles. The maximum atomic E-state index is 10.9. The summed E-state index contributed by atoms with van der Waals surface area (Å²) in [6.45, 7) is 6.74. The summed E-state index contributed by atoms with van der Waals surface area (Å²) in [5, 5.41) is 11.9. The Bertz CT molecular complexity index is 1170. The van der Waals surface area contributed by atoms with E-state index in [9.17, 15) is 9.59 Å². The highest BCUT2D eigenvalue weighted by Gasteiger charge is 2.11. The first-order chi connectivity index (χ1) is 19.9. The molecule has 0 saturated heterocycles. The van der Waals surface area contributed by atoms with Crippen molar-refractivity contribution in [1.29, 1.82) is 0 Å². The number of pyridine rings is 2. The van der Waals surface area contributed by atoms with Crippen molar-refractivity contribution in [3.8, 4) is 23.5 Å². The fraction of sp³-hybridized carbons (Fsp3) is 0.429. The lowest BCUT2D eigenvalue weighted by molar-refractivity contribution is -0.119. The van der Waals surface area contributed by atoms with Crippen LogP contribution in [0.2, 0.25) is 0 Å². The van der Waals surface area contributed by atoms with E-state index in [1.54, 1.807) is 26.4 Å². The van der Waals surface area contributed by atoms with E-state index in [1.807, 2.05) is 24.3 Å². The topological polar surface area (TPSA) is 158 Å². The molecular formula is C28H38N6O7. The Morgan fingerprint density at radius 2 is 1.12 bits per heavy atom. The molecule has 0 unspecified atom stereocenters. The molecule has 0 aromatic carbocycles. The van der Waals surface area contributed by atoms with Crippen molar-refractivity contribution in [1.82, 2.24) is 31.2 Å². The van der Waals surface area contributed by atoms with E-state index in [-0.39, 0.29) is 25.0 Å². The van der Waals surface area contributed by atoms with Gasteiger partial charge in [0.15, 0.2) is 0 Å². The molecule has 0 aliphatic rings. The summed E-state index contributed by atoms with van der Waals surface area (Å²) in [6, 6.07) is 10.9. The maximum absolute atomic E-state index is 10.9. The van der Waals surface area contributed by atoms with Gasteiger partial charge in [0.25, 0.3) is 0 Å². The Labute approximate surface area is 239 Å². The number of rotatable bonds is 18. The van der Waals surface area contributed by atoms with E-state index in [0.717, 1.165) is 11.1 Å². The van der Waals surface area contributed by atoms with E-state index >= 15 is 0 Å². The van der Waals surface area contributed by atoms with Crippen molar-refractivity contribution >= 4 is 11.8 Å². The molecular weight excluding hydrogens is 532 g/mol. The van der Waals surface area contributed by atoms with Gasteiger partial charge >= 0.3 is 0 Å². The maximum Gasteiger partial charge on any atom is 0.220 e. The summed E-state index contributed by atoms with van der Waals surface area (Å²) in [5.74, 6) is 2.81. The molecule has 0 bridgehead atoms. The first kappa shape index (κ1) is 31.2. The Morgan fingerprint density at radius 3 is 1.51 bits per heavy atom. The zero-order valence-corrected chi connectivity index (χ0v) is 23.9. The first-order valence-corrected chi connectivity index (χ1v) is 13.2. The number of methoxy groups -OCH3 is 2. The van der Waals surface area contributed by atoms with E-state index in [2.05, 4.69) is 31.2 Å². The predicted octanol–water partition coefficient (Wildman–Crippen LogP) is 1.70. The lowest BCUT2D eigenvalue weighted by Gasteiger charge is -2.11. The average Bonchev–Trinajstić information content (AvgIpc) is 3.42. The van der Waals surface area contributed by atoms with E-state index in [0.29, 0.717) is 74.3 Å². The fourth-order valence-electron chi connectivity index (χ4n) is 3.66. The molecule has 0 spiro atoms. The van der Waals surface area contributed by atoms with Crippen molar-refractivity contribution in [2.24, 2.45) is 0 Å². The molecule has 41 heavy (non-hydrogen) atoms. The van der Waals surface area contributed by atoms with Gasteiger partial charge in [-0.3, -0.25) is 9.59 Å². The van der Waals surface area contributed by atoms with E-state index in [4.69, 9.17) is 23.4 Å². The Balaban J connectivity index is 1.45. The minimum atomic E-state index is -0.0615. The lowest BCUT2D eigenvalue weighted by Crippen LogP contribution is -2.30. The molecule has 4 N–H and O–H groups in total. The molecule has 0 saturated carbocycles. The highest BCUT2D eigenvalue weighted by atomic mass is 16.5. The standard InChI is InChI=1S/C28H38N6O7/c1-19(35)31-13-11-29-15-21-5-9-25(33-27(21)37-3)39-17-23-7-8-24(41-23)18-40-26-10-6-22(28(34-26)38-4)16-30-12-14-32-20(2)36/h5-10,29-30H,11-18H2,1-4H3,(H,31,35)(H,32,36). The summed E-state index contributed by atoms with van der Waals surface area (Å²) in [7, 11) is 3.11. The molecule has 0 aliphatic carbocycles. The average molecular weight is 571 g/mol. The number of hydrogen-bond acceptors (Lipinski definition) is 11. The molecule has 222 valence electrons. The monoisotopic (exact) mass is 570 g/mol. The molecule has 0 fully saturated rings. The van der Waals surface area contributed by atoms with Crippen LogP contribution in [0.1, 0.15) is 36.5 Å². The van der Waals surface area contributed by atoms with Crippen LogP contribution in [0.4, 0.5) is 0 Å². The third-order valence-corrected chi connectivity index (χ3v) is 5.64. The third-order valence-electron chi connectivity index (χ3n) is 5.64. The fourth-order valence-corrected chi connectivity index (χ4v) is 3.66. The van der Waals surface area contributed by atoms with E-state index in [1.165, 1.54) is 13.8 Å². The molecule has 0 atom stereocenters. The summed E-state index contributed by atoms with van der Waals surface area (Å²) in [6.07, 6.45) is 0. The number of carbonyl (C=O) groups excluding carboxylic acids is 2. The number of amides is 2. The molecule has 3 aromatic heterocycles. The Kier molecular flexibility index (Phi) is 12.7. The number of furan rings is 1. The van der Waals surface area contributed by atoms with Crippen LogP contribution in [0.5, 0.6) is 23.5 Å². The second kappa shape index (κ2) is 16.7. The van der Waals surface area contributed by atoms with Gasteiger partial charge in [-0.25, -0.2) is 0 Å². The van der Waals surface area contributed by atoms with Gasteiger partial charge in [-0.2, -0.15) is 9.97 Å². The Morgan fingerprint density at radius 1 is 0.683 bits per heavy atom. The van der Waals surface area contributed by atoms with Crippen molar-refractivity contribution in [3.63, 3.8) is 0 Å². The molecule has 0 radical (unpaired) electrons. The largest absolute Gasteiger partial charge is 0.481 e. The van der Waals surface area contributed by atoms with Crippen LogP contribution in [0.3, 0.4) is 0 Å². The van der Waals surface area contributed by atoms with Crippen molar-refractivity contribution in [3.05, 3.63) is 59.0 Å². The molecule has 13 nitrogen and oxygen atoms in total. The second-order valence-corrected chi connectivity index (χ2v) is 8.90. The molecule has 0 aliphatic heterocycles. The van der Waals surface area contributed by atoms with Gasteiger partial charge in [0.2, 0.25) is 35.3 Å². The number of hydrogen-bond donors (Lipinski definition) is 4. The Hall–Kier alpha value is -4.36. The minimum absolute atomic E-state index is 0.0615. The van der Waals surface area contributed by atoms with E-state index < -0.39 is 0 Å². The van der Waals surface area contributed by atoms with Crippen LogP contribution in [-0.2, 0) is 35.9 Å². The summed E-state index contributed by atoms with van der Waals surface area (Å²) < 4.78 is 28.2. The van der Waals surface area contributed by atoms with Crippen LogP contribution in [0.15, 0.2) is 40.8 Å². The zero-order chi connectivity index (χ0) is 29.5. The molecule has 2 amide bonds. The zero-order valence-electron chi connectivity index (χ0n) is 23.9. The van der Waals surface area contributed by atoms with Gasteiger partial charge in [0, 0.05) is 76.4 Å².